The van der Waals surface area contributed by atoms with Gasteiger partial charge in [0.1, 0.15) is 5.82 Å². The zero-order valence-corrected chi connectivity index (χ0v) is 7.82. The second-order valence-corrected chi connectivity index (χ2v) is 3.47. The van der Waals surface area contributed by atoms with E-state index in [0.29, 0.717) is 12.3 Å². The van der Waals surface area contributed by atoms with Crippen molar-refractivity contribution in [3.05, 3.63) is 23.5 Å². The standard InChI is InChI=1S/C10H12N2O/c1-7-3-4-8-5-9(13)12(2)10(8)11-6-7/h3-4,6-7H,5H2,1-2H3. The van der Waals surface area contributed by atoms with E-state index in [1.807, 2.05) is 12.3 Å². The summed E-state index contributed by atoms with van der Waals surface area (Å²) in [5, 5.41) is 0. The highest BCUT2D eigenvalue weighted by Gasteiger charge is 2.25. The Morgan fingerprint density at radius 3 is 3.15 bits per heavy atom. The van der Waals surface area contributed by atoms with Crippen molar-refractivity contribution in [1.29, 1.82) is 0 Å². The number of carbonyl (C=O) groups excluding carboxylic acids is 1. The molecule has 2 rings (SSSR count). The first kappa shape index (κ1) is 8.23. The number of carbonyl (C=O) groups is 1. The van der Waals surface area contributed by atoms with Crippen molar-refractivity contribution in [3.63, 3.8) is 0 Å². The third-order valence-electron chi connectivity index (χ3n) is 2.35. The number of rotatable bonds is 0. The van der Waals surface area contributed by atoms with Gasteiger partial charge in [0.15, 0.2) is 0 Å². The minimum Gasteiger partial charge on any atom is -0.299 e. The number of nitrogens with zero attached hydrogens (tertiary/aromatic N) is 2. The Morgan fingerprint density at radius 1 is 1.62 bits per heavy atom. The molecule has 68 valence electrons. The van der Waals surface area contributed by atoms with Crippen LogP contribution in [0.25, 0.3) is 0 Å². The lowest BCUT2D eigenvalue weighted by atomic mass is 10.1. The SMILES string of the molecule is CC1C=CC2=C(N=C1)N(C)C(=O)C2. The predicted molar refractivity (Wildman–Crippen MR) is 51.2 cm³/mol. The highest BCUT2D eigenvalue weighted by Crippen LogP contribution is 2.26. The van der Waals surface area contributed by atoms with Crippen LogP contribution < -0.4 is 0 Å². The van der Waals surface area contributed by atoms with Crippen molar-refractivity contribution in [3.8, 4) is 0 Å². The smallest absolute Gasteiger partial charge is 0.232 e. The molecule has 0 aromatic rings. The maximum Gasteiger partial charge on any atom is 0.232 e. The van der Waals surface area contributed by atoms with Gasteiger partial charge in [0.2, 0.25) is 5.91 Å². The van der Waals surface area contributed by atoms with Crippen molar-refractivity contribution < 1.29 is 4.79 Å². The maximum atomic E-state index is 11.3. The molecule has 1 amide bonds. The molecule has 1 atom stereocenters. The van der Waals surface area contributed by atoms with E-state index in [2.05, 4.69) is 18.0 Å². The van der Waals surface area contributed by atoms with Crippen LogP contribution in [0.3, 0.4) is 0 Å². The predicted octanol–water partition coefficient (Wildman–Crippen LogP) is 1.34. The van der Waals surface area contributed by atoms with Gasteiger partial charge in [0.05, 0.1) is 6.42 Å². The van der Waals surface area contributed by atoms with Crippen molar-refractivity contribution in [1.82, 2.24) is 4.90 Å². The van der Waals surface area contributed by atoms with E-state index in [9.17, 15) is 4.79 Å². The molecular weight excluding hydrogens is 164 g/mol. The van der Waals surface area contributed by atoms with Crippen LogP contribution in [0.2, 0.25) is 0 Å². The number of amides is 1. The molecule has 0 fully saturated rings. The van der Waals surface area contributed by atoms with E-state index in [1.165, 1.54) is 0 Å². The van der Waals surface area contributed by atoms with Crippen LogP contribution in [0.1, 0.15) is 13.3 Å². The van der Waals surface area contributed by atoms with Crippen molar-refractivity contribution in [2.24, 2.45) is 10.9 Å². The summed E-state index contributed by atoms with van der Waals surface area (Å²) in [5.41, 5.74) is 1.04. The second kappa shape index (κ2) is 2.83. The Hall–Kier alpha value is -1.38. The zero-order chi connectivity index (χ0) is 9.42. The number of aliphatic imine (C=N–C) groups is 1. The van der Waals surface area contributed by atoms with Crippen LogP contribution >= 0.6 is 0 Å². The minimum absolute atomic E-state index is 0.126. The Labute approximate surface area is 77.4 Å². The third kappa shape index (κ3) is 1.30. The monoisotopic (exact) mass is 176 g/mol. The molecule has 13 heavy (non-hydrogen) atoms. The molecule has 2 aliphatic rings. The van der Waals surface area contributed by atoms with Gasteiger partial charge in [-0.1, -0.05) is 19.1 Å². The first-order chi connectivity index (χ1) is 6.18. The molecule has 0 N–H and O–H groups in total. The van der Waals surface area contributed by atoms with Gasteiger partial charge in [-0.25, -0.2) is 4.99 Å². The van der Waals surface area contributed by atoms with Crippen LogP contribution in [-0.4, -0.2) is 24.1 Å². The Balaban J connectivity index is 2.38. The number of hydrogen-bond donors (Lipinski definition) is 0. The quantitative estimate of drug-likeness (QED) is 0.548. The lowest BCUT2D eigenvalue weighted by Crippen LogP contribution is -2.18. The average Bonchev–Trinajstić information content (AvgIpc) is 2.28. The molecule has 3 nitrogen and oxygen atoms in total. The summed E-state index contributed by atoms with van der Waals surface area (Å²) in [5.74, 6) is 1.29. The van der Waals surface area contributed by atoms with Crippen molar-refractivity contribution in [2.45, 2.75) is 13.3 Å². The molecule has 0 radical (unpaired) electrons. The highest BCUT2D eigenvalue weighted by atomic mass is 16.2. The van der Waals surface area contributed by atoms with E-state index in [4.69, 9.17) is 0 Å². The van der Waals surface area contributed by atoms with Gasteiger partial charge >= 0.3 is 0 Å². The van der Waals surface area contributed by atoms with Crippen molar-refractivity contribution in [2.75, 3.05) is 7.05 Å². The van der Waals surface area contributed by atoms with Crippen LogP contribution in [-0.2, 0) is 4.79 Å². The molecule has 1 unspecified atom stereocenters. The Kier molecular flexibility index (Phi) is 1.79. The molecule has 0 spiro atoms. The molecule has 0 aromatic carbocycles. The van der Waals surface area contributed by atoms with E-state index in [1.54, 1.807) is 11.9 Å². The van der Waals surface area contributed by atoms with E-state index >= 15 is 0 Å². The lowest BCUT2D eigenvalue weighted by Gasteiger charge is -2.09. The van der Waals surface area contributed by atoms with Crippen LogP contribution in [0.5, 0.6) is 0 Å². The molecule has 0 bridgehead atoms. The first-order valence-corrected chi connectivity index (χ1v) is 4.40. The van der Waals surface area contributed by atoms with Gasteiger partial charge in [-0.15, -0.1) is 0 Å². The highest BCUT2D eigenvalue weighted by molar-refractivity contribution is 5.86. The Morgan fingerprint density at radius 2 is 2.38 bits per heavy atom. The van der Waals surface area contributed by atoms with Gasteiger partial charge in [0, 0.05) is 24.8 Å². The molecule has 0 aromatic heterocycles. The van der Waals surface area contributed by atoms with Crippen LogP contribution in [0, 0.1) is 5.92 Å². The maximum absolute atomic E-state index is 11.3. The van der Waals surface area contributed by atoms with E-state index in [-0.39, 0.29) is 5.91 Å². The average molecular weight is 176 g/mol. The van der Waals surface area contributed by atoms with Gasteiger partial charge < -0.3 is 0 Å². The molecule has 0 saturated carbocycles. The summed E-state index contributed by atoms with van der Waals surface area (Å²) < 4.78 is 0. The number of hydrogen-bond acceptors (Lipinski definition) is 2. The minimum atomic E-state index is 0.126. The summed E-state index contributed by atoms with van der Waals surface area (Å²) in [6.45, 7) is 2.07. The molecular formula is C10H12N2O. The van der Waals surface area contributed by atoms with Gasteiger partial charge in [0.25, 0.3) is 0 Å². The van der Waals surface area contributed by atoms with E-state index in [0.717, 1.165) is 11.4 Å². The summed E-state index contributed by atoms with van der Waals surface area (Å²) in [6, 6.07) is 0. The van der Waals surface area contributed by atoms with Gasteiger partial charge in [-0.3, -0.25) is 9.69 Å². The van der Waals surface area contributed by atoms with Crippen LogP contribution in [0.4, 0.5) is 0 Å². The van der Waals surface area contributed by atoms with Crippen LogP contribution in [0.15, 0.2) is 28.5 Å². The summed E-state index contributed by atoms with van der Waals surface area (Å²) in [7, 11) is 1.77. The third-order valence-corrected chi connectivity index (χ3v) is 2.35. The lowest BCUT2D eigenvalue weighted by molar-refractivity contribution is -0.126. The summed E-state index contributed by atoms with van der Waals surface area (Å²) in [4.78, 5) is 17.2. The molecule has 2 aliphatic heterocycles. The van der Waals surface area contributed by atoms with E-state index < -0.39 is 0 Å². The summed E-state index contributed by atoms with van der Waals surface area (Å²) >= 11 is 0. The van der Waals surface area contributed by atoms with Gasteiger partial charge in [-0.2, -0.15) is 0 Å². The van der Waals surface area contributed by atoms with Gasteiger partial charge in [-0.05, 0) is 0 Å². The number of allylic oxidation sites excluding steroid dienone is 2. The molecule has 2 heterocycles. The first-order valence-electron chi connectivity index (χ1n) is 4.40. The molecule has 0 saturated heterocycles. The molecule has 0 aliphatic carbocycles. The topological polar surface area (TPSA) is 32.7 Å². The fraction of sp³-hybridized carbons (Fsp3) is 0.400. The Bertz CT molecular complexity index is 339. The zero-order valence-electron chi connectivity index (χ0n) is 7.82. The fourth-order valence-corrected chi connectivity index (χ4v) is 1.50. The molecule has 3 heteroatoms. The fourth-order valence-electron chi connectivity index (χ4n) is 1.50. The second-order valence-electron chi connectivity index (χ2n) is 3.47. The largest absolute Gasteiger partial charge is 0.299 e. The normalized spacial score (nSPS) is 26.8. The summed E-state index contributed by atoms with van der Waals surface area (Å²) in [6.07, 6.45) is 6.44. The van der Waals surface area contributed by atoms with Crippen molar-refractivity contribution >= 4 is 12.1 Å².